The molecular weight excluding hydrogens is 280 g/mol. The standard InChI is InChI=1S/C14H17ClN2O3/c1-20-6-5-16-13(18)11-8-12(11)14(19)17-10-4-2-3-9(15)7-10/h2-4,7,11-12H,5-6,8H2,1H3,(H,16,18)(H,17,19). The zero-order valence-corrected chi connectivity index (χ0v) is 11.9. The number of hydrogen-bond acceptors (Lipinski definition) is 3. The molecule has 2 unspecified atom stereocenters. The fourth-order valence-corrected chi connectivity index (χ4v) is 2.17. The third-order valence-corrected chi connectivity index (χ3v) is 3.40. The van der Waals surface area contributed by atoms with Crippen LogP contribution in [-0.4, -0.2) is 32.1 Å². The summed E-state index contributed by atoms with van der Waals surface area (Å²) in [5.74, 6) is -0.713. The number of carbonyl (C=O) groups is 2. The largest absolute Gasteiger partial charge is 0.383 e. The van der Waals surface area contributed by atoms with Gasteiger partial charge in [-0.2, -0.15) is 0 Å². The van der Waals surface area contributed by atoms with Crippen molar-refractivity contribution in [2.75, 3.05) is 25.6 Å². The van der Waals surface area contributed by atoms with Gasteiger partial charge in [0.15, 0.2) is 0 Å². The van der Waals surface area contributed by atoms with Crippen LogP contribution in [0.15, 0.2) is 24.3 Å². The van der Waals surface area contributed by atoms with Crippen LogP contribution in [0.2, 0.25) is 5.02 Å². The monoisotopic (exact) mass is 296 g/mol. The zero-order chi connectivity index (χ0) is 14.5. The number of carbonyl (C=O) groups excluding carboxylic acids is 2. The van der Waals surface area contributed by atoms with E-state index in [1.807, 2.05) is 0 Å². The van der Waals surface area contributed by atoms with Crippen LogP contribution in [0.1, 0.15) is 6.42 Å². The molecule has 1 aliphatic rings. The Labute approximate surface area is 122 Å². The second-order valence-electron chi connectivity index (χ2n) is 4.73. The van der Waals surface area contributed by atoms with E-state index in [9.17, 15) is 9.59 Å². The van der Waals surface area contributed by atoms with Crippen molar-refractivity contribution in [3.63, 3.8) is 0 Å². The molecule has 1 aromatic rings. The summed E-state index contributed by atoms with van der Waals surface area (Å²) >= 11 is 5.85. The van der Waals surface area contributed by atoms with E-state index in [1.54, 1.807) is 31.4 Å². The van der Waals surface area contributed by atoms with Crippen molar-refractivity contribution in [2.45, 2.75) is 6.42 Å². The van der Waals surface area contributed by atoms with Crippen LogP contribution < -0.4 is 10.6 Å². The Hall–Kier alpha value is -1.59. The number of hydrogen-bond donors (Lipinski definition) is 2. The Balaban J connectivity index is 1.79. The third kappa shape index (κ3) is 3.95. The molecule has 2 atom stereocenters. The summed E-state index contributed by atoms with van der Waals surface area (Å²) in [5.41, 5.74) is 0.646. The van der Waals surface area contributed by atoms with E-state index >= 15 is 0 Å². The molecule has 108 valence electrons. The Morgan fingerprint density at radius 2 is 2.10 bits per heavy atom. The number of anilines is 1. The molecule has 1 fully saturated rings. The minimum absolute atomic E-state index is 0.0895. The van der Waals surface area contributed by atoms with Crippen LogP contribution in [-0.2, 0) is 14.3 Å². The molecule has 1 saturated carbocycles. The van der Waals surface area contributed by atoms with Crippen molar-refractivity contribution in [1.82, 2.24) is 5.32 Å². The van der Waals surface area contributed by atoms with Crippen LogP contribution in [0.25, 0.3) is 0 Å². The van der Waals surface area contributed by atoms with Gasteiger partial charge in [-0.25, -0.2) is 0 Å². The predicted molar refractivity (Wildman–Crippen MR) is 76.6 cm³/mol. The minimum atomic E-state index is -0.253. The van der Waals surface area contributed by atoms with Gasteiger partial charge in [0, 0.05) is 24.4 Å². The molecule has 2 rings (SSSR count). The molecule has 1 aliphatic carbocycles. The molecule has 1 aromatic carbocycles. The van der Waals surface area contributed by atoms with Crippen LogP contribution in [0, 0.1) is 11.8 Å². The first kappa shape index (κ1) is 14.8. The summed E-state index contributed by atoms with van der Waals surface area (Å²) < 4.78 is 4.85. The van der Waals surface area contributed by atoms with Crippen LogP contribution in [0.5, 0.6) is 0 Å². The molecule has 0 saturated heterocycles. The van der Waals surface area contributed by atoms with Gasteiger partial charge in [0.1, 0.15) is 0 Å². The van der Waals surface area contributed by atoms with E-state index in [0.29, 0.717) is 30.3 Å². The summed E-state index contributed by atoms with van der Waals surface area (Å²) in [6.07, 6.45) is 0.589. The lowest BCUT2D eigenvalue weighted by molar-refractivity contribution is -0.125. The maximum absolute atomic E-state index is 12.0. The normalized spacial score (nSPS) is 20.3. The maximum Gasteiger partial charge on any atom is 0.228 e. The van der Waals surface area contributed by atoms with Crippen LogP contribution >= 0.6 is 11.6 Å². The van der Waals surface area contributed by atoms with E-state index in [4.69, 9.17) is 16.3 Å². The van der Waals surface area contributed by atoms with E-state index < -0.39 is 0 Å². The number of ether oxygens (including phenoxy) is 1. The first-order valence-electron chi connectivity index (χ1n) is 6.45. The number of methoxy groups -OCH3 is 1. The topological polar surface area (TPSA) is 67.4 Å². The van der Waals surface area contributed by atoms with Crippen molar-refractivity contribution in [3.8, 4) is 0 Å². The van der Waals surface area contributed by atoms with Gasteiger partial charge in [-0.1, -0.05) is 17.7 Å². The van der Waals surface area contributed by atoms with Gasteiger partial charge in [-0.15, -0.1) is 0 Å². The van der Waals surface area contributed by atoms with Gasteiger partial charge in [-0.05, 0) is 24.6 Å². The Kier molecular flexibility index (Phi) is 4.98. The minimum Gasteiger partial charge on any atom is -0.383 e. The predicted octanol–water partition coefficient (Wildman–Crippen LogP) is 1.68. The number of rotatable bonds is 6. The molecular formula is C14H17ClN2O3. The molecule has 20 heavy (non-hydrogen) atoms. The molecule has 2 amide bonds. The fraction of sp³-hybridized carbons (Fsp3) is 0.429. The van der Waals surface area contributed by atoms with E-state index in [0.717, 1.165) is 0 Å². The van der Waals surface area contributed by atoms with Crippen molar-refractivity contribution in [3.05, 3.63) is 29.3 Å². The first-order valence-corrected chi connectivity index (χ1v) is 6.82. The smallest absolute Gasteiger partial charge is 0.228 e. The van der Waals surface area contributed by atoms with Gasteiger partial charge in [0.25, 0.3) is 0 Å². The van der Waals surface area contributed by atoms with Gasteiger partial charge in [0.2, 0.25) is 11.8 Å². The lowest BCUT2D eigenvalue weighted by atomic mass is 10.2. The van der Waals surface area contributed by atoms with Gasteiger partial charge in [-0.3, -0.25) is 9.59 Å². The molecule has 0 spiro atoms. The Bertz CT molecular complexity index is 507. The molecule has 0 heterocycles. The second-order valence-corrected chi connectivity index (χ2v) is 5.17. The van der Waals surface area contributed by atoms with Crippen molar-refractivity contribution < 1.29 is 14.3 Å². The van der Waals surface area contributed by atoms with Gasteiger partial charge in [0.05, 0.1) is 18.4 Å². The highest BCUT2D eigenvalue weighted by Crippen LogP contribution is 2.39. The summed E-state index contributed by atoms with van der Waals surface area (Å²) in [6.45, 7) is 0.937. The first-order chi connectivity index (χ1) is 9.61. The fourth-order valence-electron chi connectivity index (χ4n) is 1.98. The summed E-state index contributed by atoms with van der Waals surface area (Å²) in [6, 6.07) is 6.94. The molecule has 0 aliphatic heterocycles. The van der Waals surface area contributed by atoms with E-state index in [2.05, 4.69) is 10.6 Å². The second kappa shape index (κ2) is 6.72. The third-order valence-electron chi connectivity index (χ3n) is 3.16. The average Bonchev–Trinajstić information content (AvgIpc) is 3.19. The molecule has 6 heteroatoms. The molecule has 2 N–H and O–H groups in total. The summed E-state index contributed by atoms with van der Waals surface area (Å²) in [7, 11) is 1.57. The lowest BCUT2D eigenvalue weighted by Crippen LogP contribution is -2.30. The quantitative estimate of drug-likeness (QED) is 0.785. The van der Waals surface area contributed by atoms with Crippen molar-refractivity contribution in [1.29, 1.82) is 0 Å². The van der Waals surface area contributed by atoms with E-state index in [1.165, 1.54) is 0 Å². The highest BCUT2D eigenvalue weighted by molar-refractivity contribution is 6.30. The summed E-state index contributed by atoms with van der Waals surface area (Å²) in [4.78, 5) is 23.7. The van der Waals surface area contributed by atoms with Crippen molar-refractivity contribution >= 4 is 29.1 Å². The Morgan fingerprint density at radius 3 is 2.80 bits per heavy atom. The van der Waals surface area contributed by atoms with Crippen LogP contribution in [0.3, 0.4) is 0 Å². The van der Waals surface area contributed by atoms with Gasteiger partial charge < -0.3 is 15.4 Å². The SMILES string of the molecule is COCCNC(=O)C1CC1C(=O)Nc1cccc(Cl)c1. The van der Waals surface area contributed by atoms with Crippen molar-refractivity contribution in [2.24, 2.45) is 11.8 Å². The molecule has 0 bridgehead atoms. The number of halogens is 1. The maximum atomic E-state index is 12.0. The highest BCUT2D eigenvalue weighted by atomic mass is 35.5. The average molecular weight is 297 g/mol. The van der Waals surface area contributed by atoms with E-state index in [-0.39, 0.29) is 23.7 Å². The zero-order valence-electron chi connectivity index (χ0n) is 11.2. The van der Waals surface area contributed by atoms with Crippen LogP contribution in [0.4, 0.5) is 5.69 Å². The number of benzene rings is 1. The molecule has 5 nitrogen and oxygen atoms in total. The molecule has 0 radical (unpaired) electrons. The molecule has 0 aromatic heterocycles. The number of amides is 2. The lowest BCUT2D eigenvalue weighted by Gasteiger charge is -2.06. The number of nitrogens with one attached hydrogen (secondary N) is 2. The highest BCUT2D eigenvalue weighted by Gasteiger charge is 2.47. The summed E-state index contributed by atoms with van der Waals surface area (Å²) in [5, 5.41) is 6.07. The van der Waals surface area contributed by atoms with Gasteiger partial charge >= 0.3 is 0 Å². The Morgan fingerprint density at radius 1 is 1.35 bits per heavy atom.